The molecule has 0 bridgehead atoms. The summed E-state index contributed by atoms with van der Waals surface area (Å²) in [5.74, 6) is 0.329. The lowest BCUT2D eigenvalue weighted by Gasteiger charge is -1.90. The zero-order chi connectivity index (χ0) is 16.0. The van der Waals surface area contributed by atoms with Crippen LogP contribution in [0.1, 0.15) is 44.4 Å². The van der Waals surface area contributed by atoms with E-state index in [0.717, 1.165) is 0 Å². The molecular formula is C19H30O. The van der Waals surface area contributed by atoms with Crippen LogP contribution in [0.25, 0.3) is 0 Å². The van der Waals surface area contributed by atoms with E-state index in [1.54, 1.807) is 12.1 Å². The fourth-order valence-electron chi connectivity index (χ4n) is 1.18. The predicted octanol–water partition coefficient (Wildman–Crippen LogP) is 6.06. The maximum absolute atomic E-state index is 8.76. The van der Waals surface area contributed by atoms with Crippen LogP contribution in [0, 0.1) is 20.8 Å². The summed E-state index contributed by atoms with van der Waals surface area (Å²) in [5.41, 5.74) is 3.83. The minimum absolute atomic E-state index is 0.329. The number of benzene rings is 2. The molecule has 1 nitrogen and oxygen atoms in total. The Hall–Kier alpha value is -1.76. The van der Waals surface area contributed by atoms with Crippen molar-refractivity contribution in [1.29, 1.82) is 0 Å². The third-order valence-corrected chi connectivity index (χ3v) is 2.25. The first-order valence-corrected chi connectivity index (χ1v) is 7.37. The van der Waals surface area contributed by atoms with Gasteiger partial charge in [-0.3, -0.25) is 0 Å². The van der Waals surface area contributed by atoms with E-state index in [0.29, 0.717) is 5.75 Å². The van der Waals surface area contributed by atoms with Crippen LogP contribution in [-0.4, -0.2) is 5.11 Å². The van der Waals surface area contributed by atoms with Crippen molar-refractivity contribution in [3.05, 3.63) is 65.2 Å². The standard InChI is InChI=1S/C8H10.C7H8O.2C2H6/c1-7-3-5-8(2)6-4-7;1-6-2-4-7(8)5-3-6;2*1-2/h3-6H,1-2H3;2-5,8H,1H3;2*1-2H3. The summed E-state index contributed by atoms with van der Waals surface area (Å²) in [5, 5.41) is 8.76. The van der Waals surface area contributed by atoms with Gasteiger partial charge in [-0.1, -0.05) is 80.8 Å². The molecule has 1 N–H and O–H groups in total. The Kier molecular flexibility index (Phi) is 14.0. The number of hydrogen-bond acceptors (Lipinski definition) is 1. The molecule has 0 aliphatic heterocycles. The van der Waals surface area contributed by atoms with E-state index in [-0.39, 0.29) is 0 Å². The fraction of sp³-hybridized carbons (Fsp3) is 0.368. The number of aryl methyl sites for hydroxylation is 3. The van der Waals surface area contributed by atoms with Gasteiger partial charge in [-0.15, -0.1) is 0 Å². The minimum Gasteiger partial charge on any atom is -0.508 e. The van der Waals surface area contributed by atoms with E-state index in [4.69, 9.17) is 5.11 Å². The van der Waals surface area contributed by atoms with Gasteiger partial charge >= 0.3 is 0 Å². The fourth-order valence-corrected chi connectivity index (χ4v) is 1.18. The molecule has 0 fully saturated rings. The molecule has 0 aliphatic rings. The lowest BCUT2D eigenvalue weighted by molar-refractivity contribution is 0.475. The molecule has 2 aromatic rings. The van der Waals surface area contributed by atoms with Gasteiger partial charge in [-0.25, -0.2) is 0 Å². The van der Waals surface area contributed by atoms with Gasteiger partial charge in [0, 0.05) is 0 Å². The van der Waals surface area contributed by atoms with E-state index >= 15 is 0 Å². The highest BCUT2D eigenvalue weighted by molar-refractivity contribution is 5.24. The molecule has 2 rings (SSSR count). The molecule has 0 aromatic heterocycles. The van der Waals surface area contributed by atoms with E-state index in [1.807, 2.05) is 46.8 Å². The SMILES string of the molecule is CC.CC.Cc1ccc(C)cc1.Cc1ccc(O)cc1. The Morgan fingerprint density at radius 2 is 0.700 bits per heavy atom. The van der Waals surface area contributed by atoms with Crippen molar-refractivity contribution in [2.24, 2.45) is 0 Å². The molecule has 0 amide bonds. The third kappa shape index (κ3) is 11.3. The maximum Gasteiger partial charge on any atom is 0.115 e. The monoisotopic (exact) mass is 274 g/mol. The van der Waals surface area contributed by atoms with Crippen molar-refractivity contribution in [3.8, 4) is 5.75 Å². The van der Waals surface area contributed by atoms with Gasteiger partial charge in [0.05, 0.1) is 0 Å². The van der Waals surface area contributed by atoms with Crippen LogP contribution < -0.4 is 0 Å². The quantitative estimate of drug-likeness (QED) is 0.619. The molecule has 0 aliphatic carbocycles. The van der Waals surface area contributed by atoms with Crippen LogP contribution in [0.2, 0.25) is 0 Å². The van der Waals surface area contributed by atoms with Gasteiger partial charge in [-0.05, 0) is 32.9 Å². The summed E-state index contributed by atoms with van der Waals surface area (Å²) in [7, 11) is 0. The second-order valence-electron chi connectivity index (χ2n) is 3.99. The molecule has 0 spiro atoms. The van der Waals surface area contributed by atoms with Gasteiger partial charge < -0.3 is 5.11 Å². The lowest BCUT2D eigenvalue weighted by Crippen LogP contribution is -1.70. The van der Waals surface area contributed by atoms with Gasteiger partial charge in [0.2, 0.25) is 0 Å². The van der Waals surface area contributed by atoms with E-state index in [2.05, 4.69) is 38.1 Å². The lowest BCUT2D eigenvalue weighted by atomic mass is 10.2. The number of aromatic hydroxyl groups is 1. The first-order chi connectivity index (χ1) is 9.58. The molecule has 1 heteroatoms. The average Bonchev–Trinajstić information content (AvgIpc) is 2.50. The van der Waals surface area contributed by atoms with Crippen molar-refractivity contribution < 1.29 is 5.11 Å². The molecule has 20 heavy (non-hydrogen) atoms. The molecule has 0 radical (unpaired) electrons. The Balaban J connectivity index is 0. The van der Waals surface area contributed by atoms with Crippen LogP contribution in [0.15, 0.2) is 48.5 Å². The number of phenolic OH excluding ortho intramolecular Hbond substituents is 1. The average molecular weight is 274 g/mol. The van der Waals surface area contributed by atoms with Crippen LogP contribution in [0.4, 0.5) is 0 Å². The van der Waals surface area contributed by atoms with Crippen LogP contribution in [0.5, 0.6) is 5.75 Å². The van der Waals surface area contributed by atoms with Gasteiger partial charge in [0.1, 0.15) is 5.75 Å². The highest BCUT2D eigenvalue weighted by atomic mass is 16.3. The van der Waals surface area contributed by atoms with Crippen LogP contribution >= 0.6 is 0 Å². The summed E-state index contributed by atoms with van der Waals surface area (Å²) < 4.78 is 0. The molecule has 2 aromatic carbocycles. The molecule has 0 saturated carbocycles. The molecule has 0 saturated heterocycles. The van der Waals surface area contributed by atoms with E-state index in [9.17, 15) is 0 Å². The zero-order valence-corrected chi connectivity index (χ0v) is 14.1. The summed E-state index contributed by atoms with van der Waals surface area (Å²) in [4.78, 5) is 0. The zero-order valence-electron chi connectivity index (χ0n) is 14.1. The predicted molar refractivity (Wildman–Crippen MR) is 91.5 cm³/mol. The summed E-state index contributed by atoms with van der Waals surface area (Å²) >= 11 is 0. The Labute approximate surface area is 125 Å². The van der Waals surface area contributed by atoms with Crippen molar-refractivity contribution in [1.82, 2.24) is 0 Å². The first kappa shape index (κ1) is 20.6. The van der Waals surface area contributed by atoms with Crippen molar-refractivity contribution >= 4 is 0 Å². The van der Waals surface area contributed by atoms with Crippen LogP contribution in [0.3, 0.4) is 0 Å². The molecule has 0 heterocycles. The van der Waals surface area contributed by atoms with Crippen molar-refractivity contribution in [2.75, 3.05) is 0 Å². The smallest absolute Gasteiger partial charge is 0.115 e. The first-order valence-electron chi connectivity index (χ1n) is 7.37. The number of rotatable bonds is 0. The molecule has 112 valence electrons. The minimum atomic E-state index is 0.329. The number of phenols is 1. The normalized spacial score (nSPS) is 7.95. The summed E-state index contributed by atoms with van der Waals surface area (Å²) in [6.45, 7) is 14.2. The number of hydrogen-bond donors (Lipinski definition) is 1. The van der Waals surface area contributed by atoms with E-state index in [1.165, 1.54) is 16.7 Å². The summed E-state index contributed by atoms with van der Waals surface area (Å²) in [6, 6.07) is 15.6. The second kappa shape index (κ2) is 13.7. The molecular weight excluding hydrogens is 244 g/mol. The van der Waals surface area contributed by atoms with Crippen molar-refractivity contribution in [2.45, 2.75) is 48.5 Å². The molecule has 0 atom stereocenters. The molecule has 0 unspecified atom stereocenters. The van der Waals surface area contributed by atoms with Crippen LogP contribution in [-0.2, 0) is 0 Å². The van der Waals surface area contributed by atoms with Crippen molar-refractivity contribution in [3.63, 3.8) is 0 Å². The second-order valence-corrected chi connectivity index (χ2v) is 3.99. The topological polar surface area (TPSA) is 20.2 Å². The largest absolute Gasteiger partial charge is 0.508 e. The van der Waals surface area contributed by atoms with Gasteiger partial charge in [0.15, 0.2) is 0 Å². The third-order valence-electron chi connectivity index (χ3n) is 2.25. The van der Waals surface area contributed by atoms with Gasteiger partial charge in [-0.2, -0.15) is 0 Å². The van der Waals surface area contributed by atoms with E-state index < -0.39 is 0 Å². The highest BCUT2D eigenvalue weighted by Gasteiger charge is 1.82. The summed E-state index contributed by atoms with van der Waals surface area (Å²) in [6.07, 6.45) is 0. The Bertz CT molecular complexity index is 327. The van der Waals surface area contributed by atoms with Gasteiger partial charge in [0.25, 0.3) is 0 Å². The highest BCUT2D eigenvalue weighted by Crippen LogP contribution is 2.07. The Morgan fingerprint density at radius 1 is 0.500 bits per heavy atom. The maximum atomic E-state index is 8.76. The Morgan fingerprint density at radius 3 is 0.900 bits per heavy atom.